The van der Waals surface area contributed by atoms with Crippen molar-refractivity contribution in [2.45, 2.75) is 116 Å². The van der Waals surface area contributed by atoms with E-state index in [-0.39, 0.29) is 24.2 Å². The molecule has 282 valence electrons. The number of esters is 3. The van der Waals surface area contributed by atoms with Gasteiger partial charge in [-0.25, -0.2) is 14.4 Å². The molecule has 10 atom stereocenters. The number of fused-ring (bicyclic) bond motifs is 4. The summed E-state index contributed by atoms with van der Waals surface area (Å²) in [5, 5.41) is 11.9. The van der Waals surface area contributed by atoms with Crippen LogP contribution in [0.15, 0.2) is 41.7 Å². The summed E-state index contributed by atoms with van der Waals surface area (Å²) in [5.41, 5.74) is -8.57. The van der Waals surface area contributed by atoms with Gasteiger partial charge in [0.15, 0.2) is 23.6 Å². The van der Waals surface area contributed by atoms with Crippen molar-refractivity contribution < 1.29 is 71.8 Å². The Morgan fingerprint density at radius 1 is 0.962 bits per heavy atom. The lowest BCUT2D eigenvalue weighted by atomic mass is 9.44. The van der Waals surface area contributed by atoms with E-state index in [0.717, 1.165) is 13.8 Å². The molecule has 5 aliphatic rings. The van der Waals surface area contributed by atoms with E-state index in [4.69, 9.17) is 37.9 Å². The van der Waals surface area contributed by atoms with Gasteiger partial charge in [0.1, 0.15) is 23.9 Å². The van der Waals surface area contributed by atoms with Crippen molar-refractivity contribution in [3.8, 4) is 0 Å². The Balaban J connectivity index is 1.73. The molecule has 1 N–H and O–H groups in total. The number of Topliss-reactive ketones (excluding diaryl/α,β-unsaturated/α-hetero) is 1. The van der Waals surface area contributed by atoms with E-state index in [1.807, 2.05) is 0 Å². The number of carbonyl (C=O) groups is 6. The van der Waals surface area contributed by atoms with Crippen molar-refractivity contribution in [3.05, 3.63) is 47.2 Å². The minimum absolute atomic E-state index is 0.0553. The maximum Gasteiger partial charge on any atom is 0.509 e. The number of ether oxygens (including phenoxy) is 8. The molecule has 3 aliphatic carbocycles. The van der Waals surface area contributed by atoms with Gasteiger partial charge in [0, 0.05) is 31.6 Å². The summed E-state index contributed by atoms with van der Waals surface area (Å²) >= 11 is 0. The molecule has 52 heavy (non-hydrogen) atoms. The van der Waals surface area contributed by atoms with Crippen molar-refractivity contribution in [2.24, 2.45) is 22.7 Å². The van der Waals surface area contributed by atoms with Gasteiger partial charge >= 0.3 is 30.2 Å². The highest BCUT2D eigenvalue weighted by molar-refractivity contribution is 6.02. The third-order valence-electron chi connectivity index (χ3n) is 11.3. The number of rotatable bonds is 5. The van der Waals surface area contributed by atoms with Crippen LogP contribution in [-0.4, -0.2) is 95.0 Å². The molecule has 1 aromatic carbocycles. The molecule has 0 amide bonds. The Labute approximate surface area is 300 Å². The number of allylic oxidation sites excluding steroid dienone is 1. The molecule has 0 radical (unpaired) electrons. The summed E-state index contributed by atoms with van der Waals surface area (Å²) < 4.78 is 47.6. The maximum atomic E-state index is 15.6. The van der Waals surface area contributed by atoms with Crippen LogP contribution in [0.25, 0.3) is 0 Å². The van der Waals surface area contributed by atoms with E-state index >= 15 is 4.79 Å². The van der Waals surface area contributed by atoms with Gasteiger partial charge in [-0.1, -0.05) is 39.0 Å². The fraction of sp³-hybridized carbons (Fsp3) is 0.622. The minimum atomic E-state index is -2.19. The summed E-state index contributed by atoms with van der Waals surface area (Å²) in [6, 6.07) is 7.87. The molecule has 15 nitrogen and oxygen atoms in total. The molecule has 0 aromatic heterocycles. The van der Waals surface area contributed by atoms with Crippen LogP contribution in [0.4, 0.5) is 9.59 Å². The Morgan fingerprint density at radius 2 is 1.62 bits per heavy atom. The highest BCUT2D eigenvalue weighted by Crippen LogP contribution is 2.67. The fourth-order valence-electron chi connectivity index (χ4n) is 9.18. The first-order chi connectivity index (χ1) is 24.1. The normalized spacial score (nSPS) is 37.2. The van der Waals surface area contributed by atoms with Gasteiger partial charge in [-0.05, 0) is 45.4 Å². The second-order valence-electron chi connectivity index (χ2n) is 15.9. The van der Waals surface area contributed by atoms with Gasteiger partial charge < -0.3 is 43.0 Å². The highest BCUT2D eigenvalue weighted by atomic mass is 16.8. The molecule has 1 spiro atoms. The Bertz CT molecular complexity index is 1740. The lowest BCUT2D eigenvalue weighted by Crippen LogP contribution is -2.82. The number of hydrogen-bond donors (Lipinski definition) is 1. The minimum Gasteiger partial charge on any atom is -0.454 e. The zero-order valence-corrected chi connectivity index (χ0v) is 30.5. The third-order valence-corrected chi connectivity index (χ3v) is 11.3. The highest BCUT2D eigenvalue weighted by Gasteiger charge is 2.83. The molecule has 2 saturated carbocycles. The smallest absolute Gasteiger partial charge is 0.454 e. The van der Waals surface area contributed by atoms with Crippen LogP contribution >= 0.6 is 0 Å². The maximum absolute atomic E-state index is 15.6. The van der Waals surface area contributed by atoms with E-state index in [0.29, 0.717) is 0 Å². The van der Waals surface area contributed by atoms with Crippen molar-refractivity contribution in [2.75, 3.05) is 6.61 Å². The predicted molar refractivity (Wildman–Crippen MR) is 174 cm³/mol. The third kappa shape index (κ3) is 5.37. The molecule has 15 heteroatoms. The number of aliphatic hydroxyl groups excluding tert-OH is 1. The number of carbonyl (C=O) groups excluding carboxylic acids is 6. The molecule has 1 aromatic rings. The summed E-state index contributed by atoms with van der Waals surface area (Å²) in [5.74, 6) is -6.57. The Hall–Kier alpha value is -4.50. The zero-order chi connectivity index (χ0) is 38.3. The Kier molecular flexibility index (Phi) is 8.81. The van der Waals surface area contributed by atoms with Crippen molar-refractivity contribution in [1.29, 1.82) is 0 Å². The summed E-state index contributed by atoms with van der Waals surface area (Å²) in [7, 11) is 0. The molecular formula is C37H44O15. The van der Waals surface area contributed by atoms with Crippen molar-refractivity contribution in [1.82, 2.24) is 0 Å². The van der Waals surface area contributed by atoms with Gasteiger partial charge in [0.2, 0.25) is 11.4 Å². The predicted octanol–water partition coefficient (Wildman–Crippen LogP) is 3.97. The first-order valence-electron chi connectivity index (χ1n) is 17.1. The summed E-state index contributed by atoms with van der Waals surface area (Å²) in [6.45, 7) is 12.9. The number of aliphatic hydroxyl groups is 1. The second-order valence-corrected chi connectivity index (χ2v) is 15.9. The molecule has 4 fully saturated rings. The van der Waals surface area contributed by atoms with Crippen LogP contribution in [0.3, 0.4) is 0 Å². The Morgan fingerprint density at radius 3 is 2.17 bits per heavy atom. The molecule has 6 rings (SSSR count). The molecular weight excluding hydrogens is 684 g/mol. The zero-order valence-electron chi connectivity index (χ0n) is 30.5. The summed E-state index contributed by atoms with van der Waals surface area (Å²) in [4.78, 5) is 82.4. The standard InChI is InChI=1S/C37H44O15/c1-17-23-25(46-18(2)38)27(41)35(9)21(47-31(43)51-33(4,5)6)15-22-36(16-45-22,50-19(3)39)26(35)29(48-30(42)20-13-11-10-12-14-20)37(34(23,7)8)28(24(17)40)49-32(44)52-37/h10-14,17,21-22,24,26,28-29,40H,15-16H2,1-9H3/t17?,21-,22+,24?,26?,28-,29-,35+,36-,37+/m0/s1. The molecule has 2 aliphatic heterocycles. The van der Waals surface area contributed by atoms with Gasteiger partial charge in [-0.2, -0.15) is 0 Å². The SMILES string of the molecule is CC(=O)OC1=C2C(C)C(O)[C@@H]3OC(=O)O[C@]3([C@@H](OC(=O)c3ccccc3)C3[C@](C)(C1=O)[C@@H](OC(=O)OC(C)(C)C)C[C@H]1OC[C@@]31OC(C)=O)C2(C)C. The van der Waals surface area contributed by atoms with Gasteiger partial charge in [-0.3, -0.25) is 14.4 Å². The van der Waals surface area contributed by atoms with E-state index in [1.165, 1.54) is 19.1 Å². The average molecular weight is 729 g/mol. The molecule has 2 saturated heterocycles. The van der Waals surface area contributed by atoms with Crippen molar-refractivity contribution in [3.63, 3.8) is 0 Å². The van der Waals surface area contributed by atoms with Crippen LogP contribution < -0.4 is 0 Å². The van der Waals surface area contributed by atoms with Crippen LogP contribution in [-0.2, 0) is 52.3 Å². The topological polar surface area (TPSA) is 196 Å². The molecule has 3 unspecified atom stereocenters. The van der Waals surface area contributed by atoms with Crippen LogP contribution in [0, 0.1) is 22.7 Å². The largest absolute Gasteiger partial charge is 0.509 e. The number of benzene rings is 1. The van der Waals surface area contributed by atoms with E-state index in [9.17, 15) is 29.1 Å². The van der Waals surface area contributed by atoms with E-state index < -0.39 is 112 Å². The lowest BCUT2D eigenvalue weighted by molar-refractivity contribution is -0.345. The average Bonchev–Trinajstić information content (AvgIpc) is 3.40. The number of ketones is 1. The molecule has 2 bridgehead atoms. The van der Waals surface area contributed by atoms with Crippen molar-refractivity contribution >= 4 is 36.0 Å². The van der Waals surface area contributed by atoms with Crippen LogP contribution in [0.5, 0.6) is 0 Å². The molecule has 2 heterocycles. The van der Waals surface area contributed by atoms with Gasteiger partial charge in [0.25, 0.3) is 0 Å². The first-order valence-corrected chi connectivity index (χ1v) is 17.1. The summed E-state index contributed by atoms with van der Waals surface area (Å²) in [6.07, 6.45) is -10.0. The fourth-order valence-corrected chi connectivity index (χ4v) is 9.18. The van der Waals surface area contributed by atoms with Crippen LogP contribution in [0.1, 0.15) is 79.1 Å². The van der Waals surface area contributed by atoms with Gasteiger partial charge in [-0.15, -0.1) is 0 Å². The van der Waals surface area contributed by atoms with Crippen LogP contribution in [0.2, 0.25) is 0 Å². The van der Waals surface area contributed by atoms with E-state index in [2.05, 4.69) is 0 Å². The van der Waals surface area contributed by atoms with Gasteiger partial charge in [0.05, 0.1) is 23.5 Å². The number of hydrogen-bond acceptors (Lipinski definition) is 15. The first kappa shape index (κ1) is 37.3. The quantitative estimate of drug-likeness (QED) is 0.337. The van der Waals surface area contributed by atoms with E-state index in [1.54, 1.807) is 59.7 Å². The second kappa shape index (κ2) is 12.3. The monoisotopic (exact) mass is 728 g/mol. The lowest BCUT2D eigenvalue weighted by Gasteiger charge is -2.67.